The van der Waals surface area contributed by atoms with Crippen LogP contribution in [0.4, 0.5) is 0 Å². The maximum atomic E-state index is 11.9. The molecule has 0 unspecified atom stereocenters. The van der Waals surface area contributed by atoms with Crippen molar-refractivity contribution in [3.05, 3.63) is 59.8 Å². The van der Waals surface area contributed by atoms with Gasteiger partial charge in [-0.1, -0.05) is 30.3 Å². The molecule has 5 heteroatoms. The Hall–Kier alpha value is -2.69. The van der Waals surface area contributed by atoms with E-state index in [2.05, 4.69) is 10.3 Å². The molecular weight excluding hydrogens is 280 g/mol. The third-order valence-electron chi connectivity index (χ3n) is 3.17. The van der Waals surface area contributed by atoms with E-state index in [1.165, 1.54) is 0 Å². The molecule has 0 fully saturated rings. The minimum atomic E-state index is -0.153. The Kier molecular flexibility index (Phi) is 5.65. The summed E-state index contributed by atoms with van der Waals surface area (Å²) in [6, 6.07) is 12.5. The molecule has 1 N–H and O–H groups in total. The SMILES string of the molecule is COc1cc(CNC(=O)CCC(=O)c2ccccc2)ccn1. The van der Waals surface area contributed by atoms with Gasteiger partial charge in [0.25, 0.3) is 0 Å². The summed E-state index contributed by atoms with van der Waals surface area (Å²) in [6.07, 6.45) is 2.00. The van der Waals surface area contributed by atoms with E-state index in [4.69, 9.17) is 4.74 Å². The Labute approximate surface area is 129 Å². The van der Waals surface area contributed by atoms with E-state index in [1.54, 1.807) is 37.6 Å². The molecule has 5 nitrogen and oxygen atoms in total. The summed E-state index contributed by atoms with van der Waals surface area (Å²) in [7, 11) is 1.54. The molecule has 0 atom stereocenters. The number of ketones is 1. The number of methoxy groups -OCH3 is 1. The molecule has 22 heavy (non-hydrogen) atoms. The summed E-state index contributed by atoms with van der Waals surface area (Å²) in [4.78, 5) is 27.7. The lowest BCUT2D eigenvalue weighted by Crippen LogP contribution is -2.23. The third-order valence-corrected chi connectivity index (χ3v) is 3.17. The van der Waals surface area contributed by atoms with E-state index >= 15 is 0 Å². The Morgan fingerprint density at radius 3 is 2.64 bits per heavy atom. The van der Waals surface area contributed by atoms with Crippen LogP contribution in [-0.4, -0.2) is 23.8 Å². The molecule has 0 aliphatic carbocycles. The number of nitrogens with zero attached hydrogens (tertiary/aromatic N) is 1. The van der Waals surface area contributed by atoms with Crippen molar-refractivity contribution in [2.45, 2.75) is 19.4 Å². The molecule has 1 heterocycles. The maximum Gasteiger partial charge on any atom is 0.220 e. The Bertz CT molecular complexity index is 641. The van der Waals surface area contributed by atoms with Crippen molar-refractivity contribution in [1.29, 1.82) is 0 Å². The largest absolute Gasteiger partial charge is 0.481 e. The fourth-order valence-corrected chi connectivity index (χ4v) is 1.96. The lowest BCUT2D eigenvalue weighted by molar-refractivity contribution is -0.121. The predicted octanol–water partition coefficient (Wildman–Crippen LogP) is 2.37. The summed E-state index contributed by atoms with van der Waals surface area (Å²) in [5.74, 6) is 0.326. The zero-order valence-corrected chi connectivity index (χ0v) is 12.4. The lowest BCUT2D eigenvalue weighted by atomic mass is 10.1. The van der Waals surface area contributed by atoms with E-state index < -0.39 is 0 Å². The Morgan fingerprint density at radius 2 is 1.91 bits per heavy atom. The van der Waals surface area contributed by atoms with Crippen LogP contribution in [0.15, 0.2) is 48.7 Å². The number of rotatable bonds is 7. The molecule has 0 aliphatic heterocycles. The smallest absolute Gasteiger partial charge is 0.220 e. The van der Waals surface area contributed by atoms with Crippen LogP contribution in [0.25, 0.3) is 0 Å². The first-order valence-electron chi connectivity index (χ1n) is 7.03. The van der Waals surface area contributed by atoms with E-state index in [1.807, 2.05) is 18.2 Å². The summed E-state index contributed by atoms with van der Waals surface area (Å²) in [6.45, 7) is 0.386. The van der Waals surface area contributed by atoms with Crippen molar-refractivity contribution in [2.75, 3.05) is 7.11 Å². The molecule has 1 amide bonds. The number of amides is 1. The number of pyridine rings is 1. The number of carbonyl (C=O) groups excluding carboxylic acids is 2. The summed E-state index contributed by atoms with van der Waals surface area (Å²) in [5.41, 5.74) is 1.53. The van der Waals surface area contributed by atoms with E-state index in [9.17, 15) is 9.59 Å². The van der Waals surface area contributed by atoms with Crippen molar-refractivity contribution in [2.24, 2.45) is 0 Å². The highest BCUT2D eigenvalue weighted by molar-refractivity contribution is 5.97. The number of carbonyl (C=O) groups is 2. The maximum absolute atomic E-state index is 11.9. The van der Waals surface area contributed by atoms with Crippen molar-refractivity contribution in [3.8, 4) is 5.88 Å². The standard InChI is InChI=1S/C17H18N2O3/c1-22-17-11-13(9-10-18-17)12-19-16(21)8-7-15(20)14-5-3-2-4-6-14/h2-6,9-11H,7-8,12H2,1H3,(H,19,21). The van der Waals surface area contributed by atoms with Crippen molar-refractivity contribution in [1.82, 2.24) is 10.3 Å². The van der Waals surface area contributed by atoms with Crippen LogP contribution in [0.2, 0.25) is 0 Å². The molecule has 0 radical (unpaired) electrons. The average Bonchev–Trinajstić information content (AvgIpc) is 2.58. The molecule has 0 aliphatic rings. The van der Waals surface area contributed by atoms with Gasteiger partial charge in [0.1, 0.15) is 0 Å². The van der Waals surface area contributed by atoms with Gasteiger partial charge in [-0.25, -0.2) is 4.98 Å². The first kappa shape index (κ1) is 15.7. The summed E-state index contributed by atoms with van der Waals surface area (Å²) < 4.78 is 5.02. The number of benzene rings is 1. The van der Waals surface area contributed by atoms with E-state index in [-0.39, 0.29) is 24.5 Å². The van der Waals surface area contributed by atoms with Gasteiger partial charge in [-0.15, -0.1) is 0 Å². The molecule has 1 aromatic heterocycles. The second-order valence-corrected chi connectivity index (χ2v) is 4.77. The first-order valence-corrected chi connectivity index (χ1v) is 7.03. The fraction of sp³-hybridized carbons (Fsp3) is 0.235. The van der Waals surface area contributed by atoms with Gasteiger partial charge in [0.05, 0.1) is 7.11 Å². The number of nitrogens with one attached hydrogen (secondary N) is 1. The van der Waals surface area contributed by atoms with Crippen molar-refractivity contribution < 1.29 is 14.3 Å². The number of hydrogen-bond donors (Lipinski definition) is 1. The Balaban J connectivity index is 1.77. The first-order chi connectivity index (χ1) is 10.7. The third kappa shape index (κ3) is 4.70. The van der Waals surface area contributed by atoms with Gasteiger partial charge in [-0.05, 0) is 11.6 Å². The van der Waals surface area contributed by atoms with Crippen LogP contribution in [0.3, 0.4) is 0 Å². The zero-order valence-electron chi connectivity index (χ0n) is 12.4. The fourth-order valence-electron chi connectivity index (χ4n) is 1.96. The van der Waals surface area contributed by atoms with Crippen LogP contribution in [-0.2, 0) is 11.3 Å². The van der Waals surface area contributed by atoms with Crippen molar-refractivity contribution in [3.63, 3.8) is 0 Å². The molecule has 0 bridgehead atoms. The van der Waals surface area contributed by atoms with Crippen LogP contribution in [0.1, 0.15) is 28.8 Å². The highest BCUT2D eigenvalue weighted by Gasteiger charge is 2.09. The molecular formula is C17H18N2O3. The van der Waals surface area contributed by atoms with Crippen molar-refractivity contribution >= 4 is 11.7 Å². The average molecular weight is 298 g/mol. The number of hydrogen-bond acceptors (Lipinski definition) is 4. The van der Waals surface area contributed by atoms with Gasteiger partial charge in [0, 0.05) is 37.2 Å². The van der Waals surface area contributed by atoms with Crippen LogP contribution in [0.5, 0.6) is 5.88 Å². The molecule has 114 valence electrons. The van der Waals surface area contributed by atoms with Crippen LogP contribution in [0, 0.1) is 0 Å². The number of aromatic nitrogens is 1. The minimum Gasteiger partial charge on any atom is -0.481 e. The molecule has 0 spiro atoms. The predicted molar refractivity (Wildman–Crippen MR) is 82.6 cm³/mol. The molecule has 0 saturated carbocycles. The van der Waals surface area contributed by atoms with Gasteiger partial charge >= 0.3 is 0 Å². The molecule has 0 saturated heterocycles. The van der Waals surface area contributed by atoms with Gasteiger partial charge in [0.2, 0.25) is 11.8 Å². The van der Waals surface area contributed by atoms with Crippen LogP contribution >= 0.6 is 0 Å². The number of Topliss-reactive ketones (excluding diaryl/α,β-unsaturated/α-hetero) is 1. The van der Waals surface area contributed by atoms with Gasteiger partial charge in [-0.3, -0.25) is 9.59 Å². The quantitative estimate of drug-likeness (QED) is 0.797. The lowest BCUT2D eigenvalue weighted by Gasteiger charge is -2.06. The minimum absolute atomic E-state index is 0.0265. The van der Waals surface area contributed by atoms with Gasteiger partial charge < -0.3 is 10.1 Å². The van der Waals surface area contributed by atoms with Gasteiger partial charge in [0.15, 0.2) is 5.78 Å². The monoisotopic (exact) mass is 298 g/mol. The van der Waals surface area contributed by atoms with E-state index in [0.717, 1.165) is 5.56 Å². The summed E-state index contributed by atoms with van der Waals surface area (Å²) >= 11 is 0. The van der Waals surface area contributed by atoms with Crippen LogP contribution < -0.4 is 10.1 Å². The summed E-state index contributed by atoms with van der Waals surface area (Å²) in [5, 5.41) is 2.78. The topological polar surface area (TPSA) is 68.3 Å². The van der Waals surface area contributed by atoms with Gasteiger partial charge in [-0.2, -0.15) is 0 Å². The second kappa shape index (κ2) is 7.93. The molecule has 2 rings (SSSR count). The zero-order chi connectivity index (χ0) is 15.8. The highest BCUT2D eigenvalue weighted by Crippen LogP contribution is 2.08. The highest BCUT2D eigenvalue weighted by atomic mass is 16.5. The van der Waals surface area contributed by atoms with E-state index in [0.29, 0.717) is 18.0 Å². The Morgan fingerprint density at radius 1 is 1.14 bits per heavy atom. The molecule has 1 aromatic carbocycles. The number of ether oxygens (including phenoxy) is 1. The second-order valence-electron chi connectivity index (χ2n) is 4.77. The molecule has 2 aromatic rings. The normalized spacial score (nSPS) is 10.0.